The van der Waals surface area contributed by atoms with Crippen LogP contribution in [0.4, 0.5) is 27.6 Å². The molecule has 2 saturated heterocycles. The van der Waals surface area contributed by atoms with E-state index in [9.17, 15) is 31.5 Å². The highest BCUT2D eigenvalue weighted by atomic mass is 19.4. The Kier molecular flexibility index (Phi) is 10.8. The molecule has 1 aliphatic carbocycles. The maximum absolute atomic E-state index is 14.0. The highest BCUT2D eigenvalue weighted by Gasteiger charge is 2.58. The number of benzene rings is 2. The number of likely N-dealkylation sites (tertiary alicyclic amines) is 1. The summed E-state index contributed by atoms with van der Waals surface area (Å²) in [5, 5.41) is 2.95. The summed E-state index contributed by atoms with van der Waals surface area (Å²) in [4.78, 5) is 33.1. The second-order valence-corrected chi connectivity index (χ2v) is 14.4. The van der Waals surface area contributed by atoms with Gasteiger partial charge in [-0.2, -0.15) is 22.0 Å². The number of amides is 1. The van der Waals surface area contributed by atoms with Crippen LogP contribution in [0.3, 0.4) is 0 Å². The molecule has 0 radical (unpaired) electrons. The number of nitrogens with one attached hydrogen (secondary N) is 2. The molecule has 2 fully saturated rings. The number of hydrogen-bond donors (Lipinski definition) is 2. The van der Waals surface area contributed by atoms with Crippen LogP contribution in [0.2, 0.25) is 0 Å². The second-order valence-electron chi connectivity index (χ2n) is 14.4. The van der Waals surface area contributed by atoms with E-state index in [1.165, 1.54) is 12.0 Å². The molecule has 2 aromatic carbocycles. The van der Waals surface area contributed by atoms with Crippen LogP contribution in [0, 0.1) is 13.8 Å². The van der Waals surface area contributed by atoms with E-state index < -0.39 is 18.6 Å². The first kappa shape index (κ1) is 37.8. The van der Waals surface area contributed by atoms with Gasteiger partial charge in [0.05, 0.1) is 25.8 Å². The van der Waals surface area contributed by atoms with Crippen molar-refractivity contribution in [3.63, 3.8) is 0 Å². The van der Waals surface area contributed by atoms with Gasteiger partial charge in [-0.1, -0.05) is 18.2 Å². The van der Waals surface area contributed by atoms with E-state index in [-0.39, 0.29) is 42.6 Å². The van der Waals surface area contributed by atoms with Crippen molar-refractivity contribution in [2.24, 2.45) is 0 Å². The zero-order valence-corrected chi connectivity index (χ0v) is 30.2. The zero-order chi connectivity index (χ0) is 37.4. The van der Waals surface area contributed by atoms with Crippen LogP contribution in [-0.4, -0.2) is 80.4 Å². The zero-order valence-electron chi connectivity index (χ0n) is 30.2. The van der Waals surface area contributed by atoms with Gasteiger partial charge in [0.2, 0.25) is 0 Å². The van der Waals surface area contributed by atoms with Crippen LogP contribution in [-0.2, 0) is 23.1 Å². The molecule has 1 aromatic heterocycles. The molecule has 3 aromatic rings. The van der Waals surface area contributed by atoms with Crippen molar-refractivity contribution in [1.29, 1.82) is 0 Å². The van der Waals surface area contributed by atoms with Gasteiger partial charge in [-0.05, 0) is 124 Å². The fourth-order valence-electron chi connectivity index (χ4n) is 8.33. The minimum Gasteiger partial charge on any atom is -0.496 e. The first-order valence-corrected chi connectivity index (χ1v) is 18.0. The lowest BCUT2D eigenvalue weighted by Gasteiger charge is -2.41. The summed E-state index contributed by atoms with van der Waals surface area (Å²) in [6, 6.07) is 12.2. The summed E-state index contributed by atoms with van der Waals surface area (Å²) in [6.07, 6.45) is -1.31. The molecule has 13 heteroatoms. The Morgan fingerprint density at radius 3 is 2.40 bits per heavy atom. The van der Waals surface area contributed by atoms with E-state index in [1.54, 1.807) is 13.0 Å². The molecular weight excluding hydrogens is 683 g/mol. The van der Waals surface area contributed by atoms with Crippen molar-refractivity contribution in [3.05, 3.63) is 80.3 Å². The highest BCUT2D eigenvalue weighted by molar-refractivity contribution is 5.99. The molecule has 2 aliphatic heterocycles. The maximum atomic E-state index is 14.0. The van der Waals surface area contributed by atoms with Crippen molar-refractivity contribution < 1.29 is 36.2 Å². The molecule has 1 amide bonds. The van der Waals surface area contributed by atoms with Crippen LogP contribution >= 0.6 is 0 Å². The first-order chi connectivity index (χ1) is 24.7. The van der Waals surface area contributed by atoms with E-state index >= 15 is 0 Å². The maximum Gasteiger partial charge on any atom is 0.454 e. The Labute approximate surface area is 300 Å². The van der Waals surface area contributed by atoms with Gasteiger partial charge in [0.15, 0.2) is 0 Å². The number of pyridine rings is 1. The molecule has 52 heavy (non-hydrogen) atoms. The van der Waals surface area contributed by atoms with Gasteiger partial charge in [-0.15, -0.1) is 0 Å². The van der Waals surface area contributed by atoms with E-state index in [0.29, 0.717) is 55.2 Å². The molecule has 0 saturated carbocycles. The van der Waals surface area contributed by atoms with E-state index in [1.807, 2.05) is 19.1 Å². The van der Waals surface area contributed by atoms with Crippen LogP contribution in [0.5, 0.6) is 5.75 Å². The summed E-state index contributed by atoms with van der Waals surface area (Å²) in [6.45, 7) is 6.73. The van der Waals surface area contributed by atoms with E-state index in [2.05, 4.69) is 40.3 Å². The first-order valence-electron chi connectivity index (χ1n) is 18.0. The van der Waals surface area contributed by atoms with Gasteiger partial charge in [0, 0.05) is 42.7 Å². The number of aryl methyl sites for hydroxylation is 2. The smallest absolute Gasteiger partial charge is 0.454 e. The number of anilines is 1. The third kappa shape index (κ3) is 7.44. The number of aromatic amines is 1. The number of alkyl halides is 5. The Bertz CT molecular complexity index is 1850. The summed E-state index contributed by atoms with van der Waals surface area (Å²) in [5.74, 6) is -4.72. The average Bonchev–Trinajstić information content (AvgIpc) is 3.46. The molecular formula is C39H47F5N4O4. The standard InChI is InChI=1S/C39H47F5N4O4/c1-5-48(29-9-16-52-17-10-29)33-21-28(19-30(25(33)3)35(49)45-22-31-34(51-4)18-24(2)46-36(31)50)27-7-6-26-8-11-37(32(26)20-27)12-14-47(15-13-37)23-38(40,41)39(42,43)44/h6-7,18-21,29H,5,8-17,22-23H2,1-4H3,(H,45,49)(H,46,50). The van der Waals surface area contributed by atoms with Crippen LogP contribution < -0.4 is 20.5 Å². The molecule has 3 aliphatic rings. The average molecular weight is 731 g/mol. The van der Waals surface area contributed by atoms with Crippen LogP contribution in [0.1, 0.15) is 77.3 Å². The second kappa shape index (κ2) is 14.8. The van der Waals surface area contributed by atoms with Gasteiger partial charge in [0.1, 0.15) is 5.75 Å². The number of piperidine rings is 1. The molecule has 0 bridgehead atoms. The monoisotopic (exact) mass is 730 g/mol. The fraction of sp³-hybridized carbons (Fsp3) is 0.538. The number of methoxy groups -OCH3 is 1. The van der Waals surface area contributed by atoms with Gasteiger partial charge in [-0.3, -0.25) is 14.5 Å². The normalized spacial score (nSPS) is 18.0. The number of carbonyl (C=O) groups is 1. The van der Waals surface area contributed by atoms with Gasteiger partial charge >= 0.3 is 12.1 Å². The Balaban J connectivity index is 1.33. The number of aromatic nitrogens is 1. The number of H-pyrrole nitrogens is 1. The minimum absolute atomic E-state index is 0.0403. The SMILES string of the molecule is CCN(c1cc(-c2ccc3c(c2)C2(CC3)CCN(CC(F)(F)C(F)(F)F)CC2)cc(C(=O)NCc2c(OC)cc(C)[nH]c2=O)c1C)C1CCOCC1. The predicted molar refractivity (Wildman–Crippen MR) is 190 cm³/mol. The molecule has 6 rings (SSSR count). The topological polar surface area (TPSA) is 86.9 Å². The van der Waals surface area contributed by atoms with Crippen LogP contribution in [0.15, 0.2) is 41.2 Å². The number of rotatable bonds is 10. The molecule has 2 N–H and O–H groups in total. The lowest BCUT2D eigenvalue weighted by atomic mass is 9.73. The lowest BCUT2D eigenvalue weighted by Crippen LogP contribution is -2.51. The fourth-order valence-corrected chi connectivity index (χ4v) is 8.33. The quantitative estimate of drug-likeness (QED) is 0.217. The van der Waals surface area contributed by atoms with Crippen molar-refractivity contribution in [1.82, 2.24) is 15.2 Å². The summed E-state index contributed by atoms with van der Waals surface area (Å²) in [7, 11) is 1.48. The molecule has 0 unspecified atom stereocenters. The number of fused-ring (bicyclic) bond motifs is 2. The van der Waals surface area contributed by atoms with Crippen molar-refractivity contribution >= 4 is 11.6 Å². The number of nitrogens with zero attached hydrogens (tertiary/aromatic N) is 2. The Morgan fingerprint density at radius 2 is 1.75 bits per heavy atom. The number of halogens is 5. The summed E-state index contributed by atoms with van der Waals surface area (Å²) in [5.41, 5.74) is 6.46. The van der Waals surface area contributed by atoms with Crippen LogP contribution in [0.25, 0.3) is 11.1 Å². The van der Waals surface area contributed by atoms with Gasteiger partial charge in [0.25, 0.3) is 11.5 Å². The van der Waals surface area contributed by atoms with Crippen molar-refractivity contribution in [2.45, 2.75) is 89.4 Å². The molecule has 3 heterocycles. The third-order valence-electron chi connectivity index (χ3n) is 11.3. The van der Waals surface area contributed by atoms with Gasteiger partial charge in [-0.25, -0.2) is 0 Å². The Hall–Kier alpha value is -3.97. The number of hydrogen-bond acceptors (Lipinski definition) is 6. The Morgan fingerprint density at radius 1 is 1.04 bits per heavy atom. The molecule has 282 valence electrons. The highest BCUT2D eigenvalue weighted by Crippen LogP contribution is 2.48. The lowest BCUT2D eigenvalue weighted by molar-refractivity contribution is -0.287. The summed E-state index contributed by atoms with van der Waals surface area (Å²) >= 11 is 0. The molecule has 8 nitrogen and oxygen atoms in total. The minimum atomic E-state index is -5.58. The van der Waals surface area contributed by atoms with Crippen molar-refractivity contribution in [3.8, 4) is 16.9 Å². The summed E-state index contributed by atoms with van der Waals surface area (Å²) < 4.78 is 77.7. The largest absolute Gasteiger partial charge is 0.496 e. The van der Waals surface area contributed by atoms with E-state index in [0.717, 1.165) is 59.2 Å². The third-order valence-corrected chi connectivity index (χ3v) is 11.3. The van der Waals surface area contributed by atoms with E-state index in [4.69, 9.17) is 9.47 Å². The predicted octanol–water partition coefficient (Wildman–Crippen LogP) is 7.08. The number of ether oxygens (including phenoxy) is 2. The van der Waals surface area contributed by atoms with Gasteiger partial charge < -0.3 is 24.7 Å². The molecule has 0 atom stereocenters. The molecule has 1 spiro atoms. The van der Waals surface area contributed by atoms with Crippen molar-refractivity contribution in [2.75, 3.05) is 51.4 Å². The number of carbonyl (C=O) groups excluding carboxylic acids is 1.